The Bertz CT molecular complexity index is 1360. The molecule has 5 nitrogen and oxygen atoms in total. The number of benzene rings is 3. The molecular weight excluding hydrogens is 455 g/mol. The van der Waals surface area contributed by atoms with E-state index in [9.17, 15) is 22.8 Å². The number of hydrogen-bond acceptors (Lipinski definition) is 3. The summed E-state index contributed by atoms with van der Waals surface area (Å²) in [6, 6.07) is 21.0. The van der Waals surface area contributed by atoms with E-state index in [2.05, 4.69) is 9.97 Å². The van der Waals surface area contributed by atoms with E-state index in [0.717, 1.165) is 23.4 Å². The van der Waals surface area contributed by atoms with Crippen molar-refractivity contribution in [3.63, 3.8) is 0 Å². The second kappa shape index (κ2) is 8.87. The number of aryl methyl sites for hydroxylation is 1. The molecule has 0 atom stereocenters. The summed E-state index contributed by atoms with van der Waals surface area (Å²) < 4.78 is 39.1. The quantitative estimate of drug-likeness (QED) is 0.348. The fraction of sp³-hybridized carbons (Fsp3) is 0.148. The number of rotatable bonds is 6. The van der Waals surface area contributed by atoms with Crippen molar-refractivity contribution in [3.05, 3.63) is 101 Å². The van der Waals surface area contributed by atoms with E-state index in [1.54, 1.807) is 24.3 Å². The molecular formula is C27H20F3N3O2. The van der Waals surface area contributed by atoms with Gasteiger partial charge in [0.05, 0.1) is 22.4 Å². The summed E-state index contributed by atoms with van der Waals surface area (Å²) in [5.74, 6) is -0.0393. The lowest BCUT2D eigenvalue weighted by atomic mass is 10.1. The minimum absolute atomic E-state index is 0.221. The van der Waals surface area contributed by atoms with Gasteiger partial charge >= 0.3 is 6.18 Å². The molecule has 0 aliphatic carbocycles. The maximum absolute atomic E-state index is 13.0. The van der Waals surface area contributed by atoms with Crippen molar-refractivity contribution in [2.45, 2.75) is 19.0 Å². The van der Waals surface area contributed by atoms with E-state index in [1.165, 1.54) is 17.0 Å². The van der Waals surface area contributed by atoms with Gasteiger partial charge in [-0.3, -0.25) is 14.5 Å². The molecule has 2 heterocycles. The zero-order valence-electron chi connectivity index (χ0n) is 18.5. The molecule has 1 aliphatic heterocycles. The van der Waals surface area contributed by atoms with Crippen LogP contribution in [-0.4, -0.2) is 33.2 Å². The first-order valence-electron chi connectivity index (χ1n) is 11.1. The monoisotopic (exact) mass is 475 g/mol. The topological polar surface area (TPSA) is 66.1 Å². The van der Waals surface area contributed by atoms with Gasteiger partial charge in [0.1, 0.15) is 5.82 Å². The maximum atomic E-state index is 13.0. The Balaban J connectivity index is 1.39. The van der Waals surface area contributed by atoms with Gasteiger partial charge in [-0.15, -0.1) is 0 Å². The fourth-order valence-corrected chi connectivity index (χ4v) is 4.24. The minimum Gasteiger partial charge on any atom is -0.341 e. The molecule has 4 aromatic rings. The van der Waals surface area contributed by atoms with Gasteiger partial charge < -0.3 is 4.98 Å². The molecule has 1 aliphatic rings. The maximum Gasteiger partial charge on any atom is 0.416 e. The van der Waals surface area contributed by atoms with Crippen LogP contribution in [0.3, 0.4) is 0 Å². The van der Waals surface area contributed by atoms with Crippen LogP contribution in [0.15, 0.2) is 78.9 Å². The average Bonchev–Trinajstić information content (AvgIpc) is 3.39. The van der Waals surface area contributed by atoms with Crippen LogP contribution in [0.1, 0.15) is 38.4 Å². The number of H-pyrrole nitrogens is 1. The Labute approximate surface area is 199 Å². The van der Waals surface area contributed by atoms with Crippen LogP contribution in [0, 0.1) is 0 Å². The van der Waals surface area contributed by atoms with E-state index in [-0.39, 0.29) is 18.4 Å². The molecule has 3 aromatic carbocycles. The number of halogens is 3. The molecule has 1 aromatic heterocycles. The molecule has 35 heavy (non-hydrogen) atoms. The van der Waals surface area contributed by atoms with E-state index in [4.69, 9.17) is 0 Å². The Morgan fingerprint density at radius 3 is 1.97 bits per heavy atom. The molecule has 0 unspecified atom stereocenters. The highest BCUT2D eigenvalue weighted by Gasteiger charge is 2.34. The normalized spacial score (nSPS) is 13.4. The van der Waals surface area contributed by atoms with Crippen molar-refractivity contribution >= 4 is 11.8 Å². The van der Waals surface area contributed by atoms with Crippen LogP contribution in [0.2, 0.25) is 0 Å². The van der Waals surface area contributed by atoms with E-state index >= 15 is 0 Å². The number of hydrogen-bond donors (Lipinski definition) is 1. The SMILES string of the molecule is O=C1c2ccccc2C(=O)N1CCCc1[nH]c(-c2ccccc2)nc1-c1ccc(C(F)(F)F)cc1. The largest absolute Gasteiger partial charge is 0.416 e. The van der Waals surface area contributed by atoms with Crippen molar-refractivity contribution in [1.29, 1.82) is 0 Å². The molecule has 0 spiro atoms. The zero-order chi connectivity index (χ0) is 24.6. The van der Waals surface area contributed by atoms with Gasteiger partial charge in [0, 0.05) is 23.4 Å². The average molecular weight is 475 g/mol. The van der Waals surface area contributed by atoms with Gasteiger partial charge in [0.15, 0.2) is 0 Å². The van der Waals surface area contributed by atoms with Gasteiger partial charge in [-0.05, 0) is 37.1 Å². The number of aromatic nitrogens is 2. The van der Waals surface area contributed by atoms with Crippen LogP contribution in [-0.2, 0) is 12.6 Å². The lowest BCUT2D eigenvalue weighted by Gasteiger charge is -2.13. The fourth-order valence-electron chi connectivity index (χ4n) is 4.24. The van der Waals surface area contributed by atoms with Crippen molar-refractivity contribution in [2.24, 2.45) is 0 Å². The summed E-state index contributed by atoms with van der Waals surface area (Å²) in [5.41, 5.74) is 2.72. The van der Waals surface area contributed by atoms with Crippen LogP contribution in [0.4, 0.5) is 13.2 Å². The highest BCUT2D eigenvalue weighted by atomic mass is 19.4. The van der Waals surface area contributed by atoms with Crippen LogP contribution >= 0.6 is 0 Å². The van der Waals surface area contributed by atoms with Gasteiger partial charge in [-0.2, -0.15) is 13.2 Å². The molecule has 0 radical (unpaired) electrons. The summed E-state index contributed by atoms with van der Waals surface area (Å²) >= 11 is 0. The van der Waals surface area contributed by atoms with Gasteiger partial charge in [0.2, 0.25) is 0 Å². The van der Waals surface area contributed by atoms with Gasteiger partial charge in [-0.25, -0.2) is 4.98 Å². The molecule has 0 saturated carbocycles. The van der Waals surface area contributed by atoms with E-state index < -0.39 is 11.7 Å². The number of carbonyl (C=O) groups is 2. The third-order valence-electron chi connectivity index (χ3n) is 6.00. The highest BCUT2D eigenvalue weighted by Crippen LogP contribution is 2.33. The predicted octanol–water partition coefficient (Wildman–Crippen LogP) is 5.99. The van der Waals surface area contributed by atoms with E-state index in [1.807, 2.05) is 30.3 Å². The van der Waals surface area contributed by atoms with Crippen LogP contribution in [0.5, 0.6) is 0 Å². The Kier molecular flexibility index (Phi) is 5.72. The number of nitrogens with one attached hydrogen (secondary N) is 1. The first kappa shape index (κ1) is 22.6. The van der Waals surface area contributed by atoms with Crippen LogP contribution in [0.25, 0.3) is 22.6 Å². The number of nitrogens with zero attached hydrogens (tertiary/aromatic N) is 2. The van der Waals surface area contributed by atoms with Crippen molar-refractivity contribution < 1.29 is 22.8 Å². The number of aromatic amines is 1. The summed E-state index contributed by atoms with van der Waals surface area (Å²) in [4.78, 5) is 34.5. The number of imide groups is 1. The smallest absolute Gasteiger partial charge is 0.341 e. The lowest BCUT2D eigenvalue weighted by Crippen LogP contribution is -2.31. The molecule has 0 saturated heterocycles. The standard InChI is InChI=1S/C27H20F3N3O2/c28-27(29,30)19-14-12-17(13-15-19)23-22(31-24(32-23)18-7-2-1-3-8-18)11-6-16-33-25(34)20-9-4-5-10-21(20)26(33)35/h1-5,7-10,12-15H,6,11,16H2,(H,31,32). The highest BCUT2D eigenvalue weighted by molar-refractivity contribution is 6.21. The van der Waals surface area contributed by atoms with Crippen molar-refractivity contribution in [3.8, 4) is 22.6 Å². The number of amides is 2. The molecule has 176 valence electrons. The number of carbonyl (C=O) groups excluding carboxylic acids is 2. The third-order valence-corrected chi connectivity index (χ3v) is 6.00. The van der Waals surface area contributed by atoms with Crippen LogP contribution < -0.4 is 0 Å². The Morgan fingerprint density at radius 2 is 1.37 bits per heavy atom. The predicted molar refractivity (Wildman–Crippen MR) is 125 cm³/mol. The number of fused-ring (bicyclic) bond motifs is 1. The Hall–Kier alpha value is -4.20. The zero-order valence-corrected chi connectivity index (χ0v) is 18.5. The second-order valence-corrected chi connectivity index (χ2v) is 8.26. The third kappa shape index (κ3) is 4.35. The summed E-state index contributed by atoms with van der Waals surface area (Å²) in [6.45, 7) is 0.221. The van der Waals surface area contributed by atoms with E-state index in [0.29, 0.717) is 41.1 Å². The molecule has 8 heteroatoms. The first-order chi connectivity index (χ1) is 16.8. The molecule has 1 N–H and O–H groups in total. The van der Waals surface area contributed by atoms with Crippen molar-refractivity contribution in [2.75, 3.05) is 6.54 Å². The number of imidazole rings is 1. The lowest BCUT2D eigenvalue weighted by molar-refractivity contribution is -0.137. The summed E-state index contributed by atoms with van der Waals surface area (Å²) in [6.07, 6.45) is -3.51. The Morgan fingerprint density at radius 1 is 0.771 bits per heavy atom. The first-order valence-corrected chi connectivity index (χ1v) is 11.1. The molecule has 5 rings (SSSR count). The molecule has 0 bridgehead atoms. The molecule has 0 fully saturated rings. The van der Waals surface area contributed by atoms with Gasteiger partial charge in [0.25, 0.3) is 11.8 Å². The summed E-state index contributed by atoms with van der Waals surface area (Å²) in [7, 11) is 0. The number of alkyl halides is 3. The van der Waals surface area contributed by atoms with Gasteiger partial charge in [-0.1, -0.05) is 54.6 Å². The second-order valence-electron chi connectivity index (χ2n) is 8.26. The van der Waals surface area contributed by atoms with Crippen molar-refractivity contribution in [1.82, 2.24) is 14.9 Å². The minimum atomic E-state index is -4.42. The summed E-state index contributed by atoms with van der Waals surface area (Å²) in [5, 5.41) is 0. The molecule has 2 amide bonds.